The molecule has 2 saturated carbocycles. The number of hydrogen-bond donors (Lipinski definition) is 2. The largest absolute Gasteiger partial charge is 0.335 e. The molecule has 0 saturated heterocycles. The number of carbonyl (C=O) groups excluding carboxylic acids is 1. The highest BCUT2D eigenvalue weighted by Gasteiger charge is 2.33. The predicted octanol–water partition coefficient (Wildman–Crippen LogP) is 2.84. The van der Waals surface area contributed by atoms with E-state index in [1.165, 1.54) is 25.7 Å². The number of nitriles is 1. The smallest absolute Gasteiger partial charge is 0.316 e. The molecule has 0 aliphatic heterocycles. The summed E-state index contributed by atoms with van der Waals surface area (Å²) in [4.78, 5) is 12.0. The Bertz CT molecular complexity index is 320. The minimum Gasteiger partial charge on any atom is -0.335 e. The SMILES string of the molecule is N#CC1(NC(=O)NC2CCCC2)CCCCCC1. The van der Waals surface area contributed by atoms with Crippen LogP contribution in [0.5, 0.6) is 0 Å². The highest BCUT2D eigenvalue weighted by molar-refractivity contribution is 5.75. The van der Waals surface area contributed by atoms with Crippen LogP contribution in [0.15, 0.2) is 0 Å². The number of nitrogens with zero attached hydrogens (tertiary/aromatic N) is 1. The Morgan fingerprint density at radius 2 is 1.67 bits per heavy atom. The van der Waals surface area contributed by atoms with Crippen molar-refractivity contribution in [2.75, 3.05) is 0 Å². The first kappa shape index (κ1) is 13.2. The Labute approximate surface area is 109 Å². The molecular formula is C14H23N3O. The lowest BCUT2D eigenvalue weighted by Crippen LogP contribution is -2.52. The van der Waals surface area contributed by atoms with Crippen LogP contribution in [0.4, 0.5) is 4.79 Å². The van der Waals surface area contributed by atoms with E-state index in [-0.39, 0.29) is 6.03 Å². The molecule has 4 nitrogen and oxygen atoms in total. The van der Waals surface area contributed by atoms with E-state index in [1.54, 1.807) is 0 Å². The molecule has 2 aliphatic rings. The van der Waals surface area contributed by atoms with Gasteiger partial charge in [0.1, 0.15) is 5.54 Å². The minimum atomic E-state index is -0.626. The van der Waals surface area contributed by atoms with Crippen LogP contribution in [0.25, 0.3) is 0 Å². The Morgan fingerprint density at radius 3 is 2.22 bits per heavy atom. The van der Waals surface area contributed by atoms with Gasteiger partial charge in [-0.25, -0.2) is 4.79 Å². The highest BCUT2D eigenvalue weighted by atomic mass is 16.2. The Hall–Kier alpha value is -1.24. The van der Waals surface area contributed by atoms with Crippen LogP contribution in [-0.4, -0.2) is 17.6 Å². The number of rotatable bonds is 2. The quantitative estimate of drug-likeness (QED) is 0.739. The zero-order chi connectivity index (χ0) is 12.8. The van der Waals surface area contributed by atoms with Gasteiger partial charge in [0.15, 0.2) is 0 Å². The molecule has 2 aliphatic carbocycles. The van der Waals surface area contributed by atoms with E-state index in [2.05, 4.69) is 16.7 Å². The zero-order valence-electron chi connectivity index (χ0n) is 11.0. The van der Waals surface area contributed by atoms with Gasteiger partial charge in [0, 0.05) is 6.04 Å². The molecule has 0 aromatic rings. The maximum atomic E-state index is 12.0. The summed E-state index contributed by atoms with van der Waals surface area (Å²) in [6.45, 7) is 0. The molecule has 0 unspecified atom stereocenters. The summed E-state index contributed by atoms with van der Waals surface area (Å²) in [6.07, 6.45) is 10.6. The predicted molar refractivity (Wildman–Crippen MR) is 70.0 cm³/mol. The molecule has 18 heavy (non-hydrogen) atoms. The summed E-state index contributed by atoms with van der Waals surface area (Å²) in [7, 11) is 0. The van der Waals surface area contributed by atoms with E-state index >= 15 is 0 Å². The molecular weight excluding hydrogens is 226 g/mol. The van der Waals surface area contributed by atoms with Crippen LogP contribution in [0, 0.1) is 11.3 Å². The van der Waals surface area contributed by atoms with Crippen LogP contribution in [0.3, 0.4) is 0 Å². The number of carbonyl (C=O) groups is 1. The second kappa shape index (κ2) is 6.08. The third-order valence-corrected chi connectivity index (χ3v) is 4.21. The molecule has 0 spiro atoms. The van der Waals surface area contributed by atoms with Crippen LogP contribution in [0.1, 0.15) is 64.2 Å². The van der Waals surface area contributed by atoms with E-state index < -0.39 is 5.54 Å². The number of nitrogens with one attached hydrogen (secondary N) is 2. The standard InChI is InChI=1S/C14H23N3O/c15-11-14(9-5-1-2-6-10-14)17-13(18)16-12-7-3-4-8-12/h12H,1-10H2,(H2,16,17,18). The van der Waals surface area contributed by atoms with Gasteiger partial charge in [-0.05, 0) is 25.7 Å². The first-order valence-corrected chi connectivity index (χ1v) is 7.24. The van der Waals surface area contributed by atoms with Gasteiger partial charge in [-0.2, -0.15) is 5.26 Å². The molecule has 0 aromatic heterocycles. The second-order valence-corrected chi connectivity index (χ2v) is 5.69. The van der Waals surface area contributed by atoms with Crippen molar-refractivity contribution in [3.63, 3.8) is 0 Å². The van der Waals surface area contributed by atoms with Crippen molar-refractivity contribution >= 4 is 6.03 Å². The second-order valence-electron chi connectivity index (χ2n) is 5.69. The molecule has 0 heterocycles. The fraction of sp³-hybridized carbons (Fsp3) is 0.857. The molecule has 0 aromatic carbocycles. The Balaban J connectivity index is 1.88. The summed E-state index contributed by atoms with van der Waals surface area (Å²) >= 11 is 0. The zero-order valence-corrected chi connectivity index (χ0v) is 11.0. The molecule has 2 rings (SSSR count). The maximum Gasteiger partial charge on any atom is 0.316 e. The van der Waals surface area contributed by atoms with Crippen molar-refractivity contribution in [2.45, 2.75) is 75.8 Å². The molecule has 2 amide bonds. The topological polar surface area (TPSA) is 64.9 Å². The van der Waals surface area contributed by atoms with Crippen LogP contribution in [-0.2, 0) is 0 Å². The lowest BCUT2D eigenvalue weighted by molar-refractivity contribution is 0.225. The first-order chi connectivity index (χ1) is 8.74. The van der Waals surface area contributed by atoms with E-state index in [0.29, 0.717) is 6.04 Å². The minimum absolute atomic E-state index is 0.148. The van der Waals surface area contributed by atoms with Gasteiger partial charge in [0.05, 0.1) is 6.07 Å². The van der Waals surface area contributed by atoms with Crippen molar-refractivity contribution in [1.29, 1.82) is 5.26 Å². The van der Waals surface area contributed by atoms with Crippen LogP contribution < -0.4 is 10.6 Å². The molecule has 0 bridgehead atoms. The van der Waals surface area contributed by atoms with Crippen LogP contribution in [0.2, 0.25) is 0 Å². The molecule has 2 fully saturated rings. The summed E-state index contributed by atoms with van der Waals surface area (Å²) in [5, 5.41) is 15.3. The molecule has 2 N–H and O–H groups in total. The average Bonchev–Trinajstić information content (AvgIpc) is 2.74. The third kappa shape index (κ3) is 3.38. The van der Waals surface area contributed by atoms with Gasteiger partial charge in [-0.1, -0.05) is 38.5 Å². The Kier molecular flexibility index (Phi) is 4.46. The van der Waals surface area contributed by atoms with Crippen molar-refractivity contribution in [1.82, 2.24) is 10.6 Å². The lowest BCUT2D eigenvalue weighted by atomic mass is 9.92. The van der Waals surface area contributed by atoms with Gasteiger partial charge >= 0.3 is 6.03 Å². The molecule has 100 valence electrons. The number of amides is 2. The fourth-order valence-corrected chi connectivity index (χ4v) is 3.11. The van der Waals surface area contributed by atoms with Crippen molar-refractivity contribution < 1.29 is 4.79 Å². The van der Waals surface area contributed by atoms with Crippen molar-refractivity contribution in [2.24, 2.45) is 0 Å². The van der Waals surface area contributed by atoms with E-state index in [4.69, 9.17) is 0 Å². The summed E-state index contributed by atoms with van der Waals surface area (Å²) in [5.41, 5.74) is -0.626. The maximum absolute atomic E-state index is 12.0. The van der Waals surface area contributed by atoms with Crippen molar-refractivity contribution in [3.05, 3.63) is 0 Å². The normalized spacial score (nSPS) is 23.9. The average molecular weight is 249 g/mol. The molecule has 4 heteroatoms. The van der Waals surface area contributed by atoms with E-state index in [1.807, 2.05) is 0 Å². The molecule has 0 atom stereocenters. The lowest BCUT2D eigenvalue weighted by Gasteiger charge is -2.27. The summed E-state index contributed by atoms with van der Waals surface area (Å²) in [6, 6.07) is 2.51. The summed E-state index contributed by atoms with van der Waals surface area (Å²) in [5.74, 6) is 0. The van der Waals surface area contributed by atoms with E-state index in [0.717, 1.165) is 38.5 Å². The third-order valence-electron chi connectivity index (χ3n) is 4.21. The highest BCUT2D eigenvalue weighted by Crippen LogP contribution is 2.26. The van der Waals surface area contributed by atoms with Gasteiger partial charge in [-0.3, -0.25) is 0 Å². The van der Waals surface area contributed by atoms with E-state index in [9.17, 15) is 10.1 Å². The van der Waals surface area contributed by atoms with Gasteiger partial charge in [0.2, 0.25) is 0 Å². The van der Waals surface area contributed by atoms with Gasteiger partial charge in [0.25, 0.3) is 0 Å². The first-order valence-electron chi connectivity index (χ1n) is 7.24. The molecule has 0 radical (unpaired) electrons. The summed E-state index contributed by atoms with van der Waals surface area (Å²) < 4.78 is 0. The van der Waals surface area contributed by atoms with Gasteiger partial charge < -0.3 is 10.6 Å². The number of urea groups is 1. The monoisotopic (exact) mass is 249 g/mol. The Morgan fingerprint density at radius 1 is 1.06 bits per heavy atom. The fourth-order valence-electron chi connectivity index (χ4n) is 3.11. The van der Waals surface area contributed by atoms with Crippen LogP contribution >= 0.6 is 0 Å². The van der Waals surface area contributed by atoms with Crippen molar-refractivity contribution in [3.8, 4) is 6.07 Å². The van der Waals surface area contributed by atoms with Gasteiger partial charge in [-0.15, -0.1) is 0 Å². The number of hydrogen-bond acceptors (Lipinski definition) is 2.